The molecular formula is C16H27N3O. The van der Waals surface area contributed by atoms with Gasteiger partial charge in [-0.15, -0.1) is 0 Å². The van der Waals surface area contributed by atoms with Crippen LogP contribution in [0.2, 0.25) is 0 Å². The Balaban J connectivity index is 2.00. The molecule has 4 heteroatoms. The molecule has 1 aliphatic rings. The first-order chi connectivity index (χ1) is 9.72. The van der Waals surface area contributed by atoms with E-state index in [0.717, 1.165) is 50.6 Å². The minimum atomic E-state index is 0.322. The van der Waals surface area contributed by atoms with Gasteiger partial charge >= 0.3 is 0 Å². The number of ether oxygens (including phenoxy) is 1. The molecule has 0 aliphatic carbocycles. The zero-order chi connectivity index (χ0) is 14.4. The summed E-state index contributed by atoms with van der Waals surface area (Å²) in [7, 11) is 0. The van der Waals surface area contributed by atoms with Crippen molar-refractivity contribution in [2.45, 2.75) is 52.4 Å². The maximum atomic E-state index is 5.75. The smallest absolute Gasteiger partial charge is 0.0674 e. The molecule has 1 aromatic rings. The molecule has 1 N–H and O–H groups in total. The highest BCUT2D eigenvalue weighted by Crippen LogP contribution is 2.17. The highest BCUT2D eigenvalue weighted by Gasteiger charge is 2.25. The molecule has 1 aliphatic heterocycles. The zero-order valence-corrected chi connectivity index (χ0v) is 12.9. The van der Waals surface area contributed by atoms with Crippen molar-refractivity contribution in [3.8, 4) is 0 Å². The van der Waals surface area contributed by atoms with Gasteiger partial charge < -0.3 is 10.1 Å². The average molecular weight is 277 g/mol. The minimum Gasteiger partial charge on any atom is -0.376 e. The summed E-state index contributed by atoms with van der Waals surface area (Å²) in [4.78, 5) is 7.26. The maximum absolute atomic E-state index is 5.75. The largest absolute Gasteiger partial charge is 0.376 e. The lowest BCUT2D eigenvalue weighted by Crippen LogP contribution is -2.48. The second kappa shape index (κ2) is 7.72. The van der Waals surface area contributed by atoms with E-state index in [1.54, 1.807) is 0 Å². The van der Waals surface area contributed by atoms with Gasteiger partial charge in [0.25, 0.3) is 0 Å². The van der Waals surface area contributed by atoms with Crippen molar-refractivity contribution in [2.24, 2.45) is 0 Å². The van der Waals surface area contributed by atoms with Crippen molar-refractivity contribution in [2.75, 3.05) is 19.7 Å². The van der Waals surface area contributed by atoms with Crippen molar-refractivity contribution < 1.29 is 4.74 Å². The molecule has 0 amide bonds. The summed E-state index contributed by atoms with van der Waals surface area (Å²) >= 11 is 0. The Morgan fingerprint density at radius 3 is 2.90 bits per heavy atom. The fourth-order valence-corrected chi connectivity index (χ4v) is 2.66. The molecule has 2 atom stereocenters. The maximum Gasteiger partial charge on any atom is 0.0674 e. The van der Waals surface area contributed by atoms with Crippen molar-refractivity contribution in [3.63, 3.8) is 0 Å². The Bertz CT molecular complexity index is 410. The Kier molecular flexibility index (Phi) is 5.95. The number of aromatic nitrogens is 1. The van der Waals surface area contributed by atoms with Crippen LogP contribution in [-0.4, -0.2) is 41.7 Å². The number of hydrogen-bond donors (Lipinski definition) is 1. The molecule has 1 fully saturated rings. The van der Waals surface area contributed by atoms with E-state index in [9.17, 15) is 0 Å². The van der Waals surface area contributed by atoms with E-state index in [1.807, 2.05) is 0 Å². The second-order valence-corrected chi connectivity index (χ2v) is 5.54. The van der Waals surface area contributed by atoms with Gasteiger partial charge in [-0.3, -0.25) is 9.88 Å². The molecule has 0 spiro atoms. The predicted molar refractivity (Wildman–Crippen MR) is 81.5 cm³/mol. The minimum absolute atomic E-state index is 0.322. The van der Waals surface area contributed by atoms with Gasteiger partial charge in [-0.2, -0.15) is 0 Å². The van der Waals surface area contributed by atoms with Crippen LogP contribution in [0.5, 0.6) is 0 Å². The van der Waals surface area contributed by atoms with Gasteiger partial charge in [0, 0.05) is 25.7 Å². The van der Waals surface area contributed by atoms with Crippen molar-refractivity contribution in [1.29, 1.82) is 0 Å². The van der Waals surface area contributed by atoms with Gasteiger partial charge in [0.05, 0.1) is 24.1 Å². The summed E-state index contributed by atoms with van der Waals surface area (Å²) in [5.41, 5.74) is 2.28. The number of morpholine rings is 1. The summed E-state index contributed by atoms with van der Waals surface area (Å²) in [5, 5.41) is 3.33. The molecular weight excluding hydrogens is 250 g/mol. The third kappa shape index (κ3) is 4.27. The molecule has 2 rings (SSSR count). The lowest BCUT2D eigenvalue weighted by Gasteiger charge is -2.38. The molecule has 0 bridgehead atoms. The van der Waals surface area contributed by atoms with E-state index in [0.29, 0.717) is 12.1 Å². The van der Waals surface area contributed by atoms with Gasteiger partial charge in [-0.1, -0.05) is 19.9 Å². The average Bonchev–Trinajstić information content (AvgIpc) is 2.46. The van der Waals surface area contributed by atoms with Crippen LogP contribution in [0.25, 0.3) is 0 Å². The van der Waals surface area contributed by atoms with Crippen LogP contribution in [0.15, 0.2) is 18.2 Å². The SMILES string of the molecule is CCNCc1cccc(CN2CC(C)OCC2CC)n1. The van der Waals surface area contributed by atoms with Crippen LogP contribution in [-0.2, 0) is 17.8 Å². The van der Waals surface area contributed by atoms with Crippen molar-refractivity contribution in [1.82, 2.24) is 15.2 Å². The monoisotopic (exact) mass is 277 g/mol. The van der Waals surface area contributed by atoms with Crippen LogP contribution < -0.4 is 5.32 Å². The van der Waals surface area contributed by atoms with E-state index in [1.165, 1.54) is 0 Å². The fourth-order valence-electron chi connectivity index (χ4n) is 2.66. The normalized spacial score (nSPS) is 23.9. The first-order valence-corrected chi connectivity index (χ1v) is 7.74. The lowest BCUT2D eigenvalue weighted by molar-refractivity contribution is -0.0596. The van der Waals surface area contributed by atoms with E-state index in [-0.39, 0.29) is 0 Å². The van der Waals surface area contributed by atoms with Crippen LogP contribution >= 0.6 is 0 Å². The van der Waals surface area contributed by atoms with Gasteiger partial charge in [0.2, 0.25) is 0 Å². The van der Waals surface area contributed by atoms with E-state index in [4.69, 9.17) is 9.72 Å². The van der Waals surface area contributed by atoms with Crippen LogP contribution in [0.3, 0.4) is 0 Å². The van der Waals surface area contributed by atoms with E-state index >= 15 is 0 Å². The molecule has 0 saturated carbocycles. The van der Waals surface area contributed by atoms with E-state index < -0.39 is 0 Å². The fraction of sp³-hybridized carbons (Fsp3) is 0.688. The van der Waals surface area contributed by atoms with Gasteiger partial charge in [0.1, 0.15) is 0 Å². The lowest BCUT2D eigenvalue weighted by atomic mass is 10.1. The Morgan fingerprint density at radius 1 is 1.35 bits per heavy atom. The third-order valence-electron chi connectivity index (χ3n) is 3.84. The van der Waals surface area contributed by atoms with Crippen LogP contribution in [0.4, 0.5) is 0 Å². The molecule has 2 unspecified atom stereocenters. The predicted octanol–water partition coefficient (Wildman–Crippen LogP) is 2.19. The molecule has 4 nitrogen and oxygen atoms in total. The molecule has 0 radical (unpaired) electrons. The summed E-state index contributed by atoms with van der Waals surface area (Å²) in [6, 6.07) is 6.85. The number of nitrogens with one attached hydrogen (secondary N) is 1. The van der Waals surface area contributed by atoms with Crippen molar-refractivity contribution in [3.05, 3.63) is 29.6 Å². The van der Waals surface area contributed by atoms with Gasteiger partial charge in [-0.05, 0) is 32.0 Å². The summed E-state index contributed by atoms with van der Waals surface area (Å²) in [5.74, 6) is 0. The Labute approximate surface area is 122 Å². The quantitative estimate of drug-likeness (QED) is 0.865. The molecule has 1 aromatic heterocycles. The van der Waals surface area contributed by atoms with Crippen molar-refractivity contribution >= 4 is 0 Å². The second-order valence-electron chi connectivity index (χ2n) is 5.54. The standard InChI is InChI=1S/C16H27N3O/c1-4-16-12-20-13(3)10-19(16)11-15-8-6-7-14(18-15)9-17-5-2/h6-8,13,16-17H,4-5,9-12H2,1-3H3. The summed E-state index contributed by atoms with van der Waals surface area (Å²) < 4.78 is 5.75. The van der Waals surface area contributed by atoms with Gasteiger partial charge in [0.15, 0.2) is 0 Å². The topological polar surface area (TPSA) is 37.4 Å². The number of rotatable bonds is 6. The molecule has 20 heavy (non-hydrogen) atoms. The summed E-state index contributed by atoms with van der Waals surface area (Å²) in [6.07, 6.45) is 1.45. The molecule has 1 saturated heterocycles. The molecule has 2 heterocycles. The number of pyridine rings is 1. The Morgan fingerprint density at radius 2 is 2.15 bits per heavy atom. The van der Waals surface area contributed by atoms with E-state index in [2.05, 4.69) is 49.2 Å². The van der Waals surface area contributed by atoms with Crippen LogP contribution in [0, 0.1) is 0 Å². The summed E-state index contributed by atoms with van der Waals surface area (Å²) in [6.45, 7) is 11.1. The third-order valence-corrected chi connectivity index (χ3v) is 3.84. The van der Waals surface area contributed by atoms with Crippen LogP contribution in [0.1, 0.15) is 38.6 Å². The number of nitrogens with zero attached hydrogens (tertiary/aromatic N) is 2. The first kappa shape index (κ1) is 15.4. The number of hydrogen-bond acceptors (Lipinski definition) is 4. The highest BCUT2D eigenvalue weighted by atomic mass is 16.5. The molecule has 112 valence electrons. The first-order valence-electron chi connectivity index (χ1n) is 7.74. The van der Waals surface area contributed by atoms with Gasteiger partial charge in [-0.25, -0.2) is 0 Å². The molecule has 0 aromatic carbocycles. The Hall–Kier alpha value is -0.970. The zero-order valence-electron chi connectivity index (χ0n) is 12.9. The highest BCUT2D eigenvalue weighted by molar-refractivity contribution is 5.11.